The average molecular weight is 457 g/mol. The number of amides is 2. The number of aliphatic hydroxyl groups is 3. The van der Waals surface area contributed by atoms with Gasteiger partial charge in [-0.15, -0.1) is 0 Å². The number of nitrogens with one attached hydrogen (secondary N) is 2. The lowest BCUT2D eigenvalue weighted by Gasteiger charge is -2.37. The first-order valence-corrected chi connectivity index (χ1v) is 11.2. The van der Waals surface area contributed by atoms with Crippen LogP contribution in [0.5, 0.6) is 0 Å². The fourth-order valence-corrected chi connectivity index (χ4v) is 4.16. The number of aryl methyl sites for hydroxylation is 2. The third-order valence-electron chi connectivity index (χ3n) is 5.93. The van der Waals surface area contributed by atoms with Crippen molar-refractivity contribution in [3.63, 3.8) is 0 Å². The molecule has 0 aliphatic carbocycles. The van der Waals surface area contributed by atoms with Crippen LogP contribution < -0.4 is 10.6 Å². The van der Waals surface area contributed by atoms with Gasteiger partial charge in [-0.05, 0) is 54.2 Å². The number of hydrogen-bond acceptors (Lipinski definition) is 6. The van der Waals surface area contributed by atoms with Gasteiger partial charge in [-0.25, -0.2) is 0 Å². The number of carbonyl (C=O) groups is 2. The third-order valence-corrected chi connectivity index (χ3v) is 5.93. The standard InChI is InChI=1S/C25H32N2O6/c1-26-24(31)18-10-16(11-19(12-18)25(32)27-2)7-3-5-15-6-4-8-17(9-15)23-22(30)21(29)13-20(14-28)33-23/h4,6,8-12,20-23,28-30H,3,5,7,13-14H2,1-2H3,(H,26,31)(H,27,32)/t20-,21-,22-,23+/m0/s1. The Balaban J connectivity index is 1.70. The van der Waals surface area contributed by atoms with Gasteiger partial charge in [0.05, 0.1) is 18.8 Å². The first kappa shape index (κ1) is 24.9. The average Bonchev–Trinajstić information content (AvgIpc) is 2.84. The van der Waals surface area contributed by atoms with Crippen molar-refractivity contribution in [3.05, 3.63) is 70.3 Å². The van der Waals surface area contributed by atoms with Crippen molar-refractivity contribution in [2.45, 2.75) is 50.1 Å². The fraction of sp³-hybridized carbons (Fsp3) is 0.440. The minimum absolute atomic E-state index is 0.195. The molecule has 0 aromatic heterocycles. The zero-order valence-electron chi connectivity index (χ0n) is 19.0. The number of hydrogen-bond donors (Lipinski definition) is 5. The summed E-state index contributed by atoms with van der Waals surface area (Å²) in [5, 5.41) is 35.1. The Bertz CT molecular complexity index is 945. The van der Waals surface area contributed by atoms with Gasteiger partial charge in [0.25, 0.3) is 11.8 Å². The van der Waals surface area contributed by atoms with Crippen LogP contribution in [-0.2, 0) is 17.6 Å². The Morgan fingerprint density at radius 1 is 0.970 bits per heavy atom. The molecule has 1 aliphatic rings. The van der Waals surface area contributed by atoms with Gasteiger partial charge in [0.1, 0.15) is 12.2 Å². The summed E-state index contributed by atoms with van der Waals surface area (Å²) in [6.45, 7) is -0.215. The van der Waals surface area contributed by atoms with Crippen molar-refractivity contribution in [2.75, 3.05) is 20.7 Å². The molecule has 5 N–H and O–H groups in total. The Kier molecular flexibility index (Phi) is 8.57. The molecule has 8 heteroatoms. The van der Waals surface area contributed by atoms with E-state index in [-0.39, 0.29) is 24.8 Å². The highest BCUT2D eigenvalue weighted by atomic mass is 16.5. The second-order valence-corrected chi connectivity index (χ2v) is 8.33. The Morgan fingerprint density at radius 3 is 2.21 bits per heavy atom. The van der Waals surface area contributed by atoms with Crippen LogP contribution >= 0.6 is 0 Å². The van der Waals surface area contributed by atoms with Gasteiger partial charge in [0.2, 0.25) is 0 Å². The zero-order chi connectivity index (χ0) is 24.0. The van der Waals surface area contributed by atoms with E-state index in [1.54, 1.807) is 32.3 Å². The molecule has 1 aliphatic heterocycles. The fourth-order valence-electron chi connectivity index (χ4n) is 4.16. The predicted molar refractivity (Wildman–Crippen MR) is 123 cm³/mol. The van der Waals surface area contributed by atoms with E-state index >= 15 is 0 Å². The molecule has 1 heterocycles. The normalized spacial score (nSPS) is 22.6. The van der Waals surface area contributed by atoms with E-state index in [4.69, 9.17) is 4.74 Å². The molecule has 178 valence electrons. The number of benzene rings is 2. The van der Waals surface area contributed by atoms with Crippen LogP contribution in [-0.4, -0.2) is 66.1 Å². The number of rotatable bonds is 8. The van der Waals surface area contributed by atoms with Crippen molar-refractivity contribution in [1.82, 2.24) is 10.6 Å². The highest BCUT2D eigenvalue weighted by Gasteiger charge is 2.37. The molecule has 8 nitrogen and oxygen atoms in total. The Morgan fingerprint density at radius 2 is 1.61 bits per heavy atom. The van der Waals surface area contributed by atoms with Crippen LogP contribution in [0.4, 0.5) is 0 Å². The predicted octanol–water partition coefficient (Wildman–Crippen LogP) is 1.13. The summed E-state index contributed by atoms with van der Waals surface area (Å²) in [4.78, 5) is 24.2. The summed E-state index contributed by atoms with van der Waals surface area (Å²) in [7, 11) is 3.10. The van der Waals surface area contributed by atoms with Gasteiger partial charge in [-0.2, -0.15) is 0 Å². The van der Waals surface area contributed by atoms with Gasteiger partial charge < -0.3 is 30.7 Å². The first-order chi connectivity index (χ1) is 15.9. The SMILES string of the molecule is CNC(=O)c1cc(CCCc2cccc([C@H]3O[C@H](CO)C[C@H](O)[C@@H]3O)c2)cc(C(=O)NC)c1. The van der Waals surface area contributed by atoms with Crippen LogP contribution in [0.25, 0.3) is 0 Å². The molecule has 4 atom stereocenters. The van der Waals surface area contributed by atoms with Crippen molar-refractivity contribution in [1.29, 1.82) is 0 Å². The van der Waals surface area contributed by atoms with E-state index in [0.717, 1.165) is 29.5 Å². The van der Waals surface area contributed by atoms with Gasteiger partial charge >= 0.3 is 0 Å². The molecule has 1 saturated heterocycles. The summed E-state index contributed by atoms with van der Waals surface area (Å²) in [5.41, 5.74) is 3.57. The highest BCUT2D eigenvalue weighted by molar-refractivity contribution is 5.99. The van der Waals surface area contributed by atoms with Crippen LogP contribution in [0.1, 0.15) is 56.4 Å². The minimum atomic E-state index is -1.06. The van der Waals surface area contributed by atoms with Gasteiger partial charge in [-0.1, -0.05) is 24.3 Å². The molecule has 0 unspecified atom stereocenters. The molecular formula is C25H32N2O6. The summed E-state index contributed by atoms with van der Waals surface area (Å²) < 4.78 is 5.79. The quantitative estimate of drug-likeness (QED) is 0.405. The molecule has 33 heavy (non-hydrogen) atoms. The van der Waals surface area contributed by atoms with Crippen molar-refractivity contribution < 1.29 is 29.6 Å². The second-order valence-electron chi connectivity index (χ2n) is 8.33. The Labute approximate surface area is 193 Å². The molecule has 1 fully saturated rings. The van der Waals surface area contributed by atoms with E-state index in [1.165, 1.54) is 0 Å². The monoisotopic (exact) mass is 456 g/mol. The molecule has 2 aromatic carbocycles. The largest absolute Gasteiger partial charge is 0.394 e. The lowest BCUT2D eigenvalue weighted by molar-refractivity contribution is -0.179. The van der Waals surface area contributed by atoms with E-state index in [0.29, 0.717) is 17.5 Å². The molecular weight excluding hydrogens is 424 g/mol. The van der Waals surface area contributed by atoms with Crippen molar-refractivity contribution >= 4 is 11.8 Å². The van der Waals surface area contributed by atoms with Crippen LogP contribution in [0, 0.1) is 0 Å². The lowest BCUT2D eigenvalue weighted by Crippen LogP contribution is -2.44. The third kappa shape index (κ3) is 6.17. The van der Waals surface area contributed by atoms with Gasteiger partial charge in [-0.3, -0.25) is 9.59 Å². The van der Waals surface area contributed by atoms with Crippen molar-refractivity contribution in [2.24, 2.45) is 0 Å². The molecule has 0 radical (unpaired) electrons. The maximum absolute atomic E-state index is 12.1. The van der Waals surface area contributed by atoms with E-state index in [2.05, 4.69) is 10.6 Å². The number of ether oxygens (including phenoxy) is 1. The van der Waals surface area contributed by atoms with E-state index < -0.39 is 24.4 Å². The molecule has 2 amide bonds. The molecule has 0 saturated carbocycles. The van der Waals surface area contributed by atoms with Crippen LogP contribution in [0.15, 0.2) is 42.5 Å². The Hall–Kier alpha value is -2.78. The molecule has 0 spiro atoms. The smallest absolute Gasteiger partial charge is 0.251 e. The summed E-state index contributed by atoms with van der Waals surface area (Å²) >= 11 is 0. The molecule has 0 bridgehead atoms. The summed E-state index contributed by atoms with van der Waals surface area (Å²) in [6, 6.07) is 12.8. The maximum Gasteiger partial charge on any atom is 0.251 e. The summed E-state index contributed by atoms with van der Waals surface area (Å²) in [6.07, 6.45) is -0.838. The van der Waals surface area contributed by atoms with Crippen LogP contribution in [0.3, 0.4) is 0 Å². The molecule has 2 aromatic rings. The first-order valence-electron chi connectivity index (χ1n) is 11.2. The van der Waals surface area contributed by atoms with Crippen LogP contribution in [0.2, 0.25) is 0 Å². The van der Waals surface area contributed by atoms with Gasteiger partial charge in [0.15, 0.2) is 0 Å². The highest BCUT2D eigenvalue weighted by Crippen LogP contribution is 2.32. The van der Waals surface area contributed by atoms with E-state index in [1.807, 2.05) is 24.3 Å². The summed E-state index contributed by atoms with van der Waals surface area (Å²) in [5.74, 6) is -0.492. The van der Waals surface area contributed by atoms with E-state index in [9.17, 15) is 24.9 Å². The maximum atomic E-state index is 12.1. The number of aliphatic hydroxyl groups excluding tert-OH is 3. The lowest BCUT2D eigenvalue weighted by atomic mass is 9.92. The molecule has 3 rings (SSSR count). The second kappa shape index (κ2) is 11.4. The topological polar surface area (TPSA) is 128 Å². The van der Waals surface area contributed by atoms with Gasteiger partial charge in [0, 0.05) is 31.6 Å². The zero-order valence-corrected chi connectivity index (χ0v) is 19.0. The minimum Gasteiger partial charge on any atom is -0.394 e. The van der Waals surface area contributed by atoms with Crippen molar-refractivity contribution in [3.8, 4) is 0 Å². The number of carbonyl (C=O) groups excluding carboxylic acids is 2.